The van der Waals surface area contributed by atoms with E-state index in [1.165, 1.54) is 61.2 Å². The Kier molecular flexibility index (Phi) is 12.3. The summed E-state index contributed by atoms with van der Waals surface area (Å²) in [6.07, 6.45) is 0. The highest BCUT2D eigenvalue weighted by Gasteiger charge is 2.18. The first kappa shape index (κ1) is 42.6. The fraction of sp³-hybridized carbons (Fsp3) is 0.0149. The van der Waals surface area contributed by atoms with Crippen molar-refractivity contribution in [3.05, 3.63) is 297 Å². The smallest absolute Gasteiger partial charge is 0.0487 e. The average molecular weight is 883 g/mol. The van der Waals surface area contributed by atoms with Crippen molar-refractivity contribution in [2.75, 3.05) is 9.80 Å². The molecule has 0 aliphatic heterocycles. The van der Waals surface area contributed by atoms with Crippen LogP contribution in [0.15, 0.2) is 291 Å². The molecule has 0 atom stereocenters. The summed E-state index contributed by atoms with van der Waals surface area (Å²) in [7, 11) is 0. The highest BCUT2D eigenvalue weighted by atomic mass is 15.1. The highest BCUT2D eigenvalue weighted by molar-refractivity contribution is 5.82. The van der Waals surface area contributed by atoms with Gasteiger partial charge in [-0.05, 0) is 139 Å². The summed E-state index contributed by atoms with van der Waals surface area (Å²) >= 11 is 0. The van der Waals surface area contributed by atoms with Gasteiger partial charge in [-0.15, -0.1) is 0 Å². The van der Waals surface area contributed by atoms with Crippen molar-refractivity contribution in [2.24, 2.45) is 0 Å². The van der Waals surface area contributed by atoms with Crippen molar-refractivity contribution in [3.8, 4) is 66.8 Å². The molecule has 0 saturated heterocycles. The van der Waals surface area contributed by atoms with Gasteiger partial charge in [0.1, 0.15) is 0 Å². The number of hydrogen-bond acceptors (Lipinski definition) is 2. The molecule has 2 heteroatoms. The van der Waals surface area contributed by atoms with E-state index in [0.29, 0.717) is 6.54 Å². The zero-order chi connectivity index (χ0) is 46.2. The first-order valence-corrected chi connectivity index (χ1v) is 23.7. The summed E-state index contributed by atoms with van der Waals surface area (Å²) < 4.78 is 0. The molecule has 0 aliphatic carbocycles. The first-order chi connectivity index (χ1) is 34.2. The molecule has 0 aliphatic rings. The van der Waals surface area contributed by atoms with Crippen LogP contribution in [-0.4, -0.2) is 0 Å². The standard InChI is InChI=1S/C67H50N2/c1-6-16-50(17-7-1)54-28-38-62(39-29-54)68(49-61-27-26-60(53-22-12-4-13-23-53)48-67(61)59-24-14-5-15-25-59)63-40-30-57(31-41-63)58-36-46-66(47-37-58)69(64-42-32-55(33-43-64)51-18-8-2-9-19-51)65-44-34-56(35-45-65)52-20-10-3-11-21-52/h1-48H,49H2. The van der Waals surface area contributed by atoms with E-state index in [4.69, 9.17) is 0 Å². The fourth-order valence-electron chi connectivity index (χ4n) is 9.33. The van der Waals surface area contributed by atoms with Gasteiger partial charge in [-0.3, -0.25) is 0 Å². The predicted molar refractivity (Wildman–Crippen MR) is 292 cm³/mol. The zero-order valence-electron chi connectivity index (χ0n) is 38.3. The molecule has 11 rings (SSSR count). The van der Waals surface area contributed by atoms with Gasteiger partial charge in [-0.25, -0.2) is 0 Å². The second kappa shape index (κ2) is 19.9. The van der Waals surface area contributed by atoms with Crippen LogP contribution in [-0.2, 0) is 6.54 Å². The van der Waals surface area contributed by atoms with Gasteiger partial charge >= 0.3 is 0 Å². The molecule has 0 amide bonds. The SMILES string of the molecule is c1ccc(-c2ccc(N(Cc3ccc(-c4ccccc4)cc3-c3ccccc3)c3ccc(-c4ccc(N(c5ccc(-c6ccccc6)cc5)c5ccc(-c6ccccc6)cc5)cc4)cc3)cc2)cc1. The van der Waals surface area contributed by atoms with Crippen LogP contribution in [0.4, 0.5) is 28.4 Å². The molecule has 328 valence electrons. The minimum atomic E-state index is 0.687. The summed E-state index contributed by atoms with van der Waals surface area (Å²) in [5.74, 6) is 0. The van der Waals surface area contributed by atoms with Gasteiger partial charge in [0.2, 0.25) is 0 Å². The second-order valence-electron chi connectivity index (χ2n) is 17.4. The summed E-state index contributed by atoms with van der Waals surface area (Å²) in [5.41, 5.74) is 21.2. The number of nitrogens with zero attached hydrogens (tertiary/aromatic N) is 2. The van der Waals surface area contributed by atoms with E-state index in [1.54, 1.807) is 0 Å². The molecule has 0 unspecified atom stereocenters. The van der Waals surface area contributed by atoms with E-state index in [0.717, 1.165) is 39.6 Å². The van der Waals surface area contributed by atoms with Crippen molar-refractivity contribution in [1.29, 1.82) is 0 Å². The molecular weight excluding hydrogens is 833 g/mol. The lowest BCUT2D eigenvalue weighted by molar-refractivity contribution is 0.977. The maximum atomic E-state index is 2.44. The molecule has 69 heavy (non-hydrogen) atoms. The number of rotatable bonds is 13. The minimum Gasteiger partial charge on any atom is -0.337 e. The molecule has 0 saturated carbocycles. The van der Waals surface area contributed by atoms with Crippen LogP contribution >= 0.6 is 0 Å². The molecule has 0 spiro atoms. The molecule has 11 aromatic rings. The van der Waals surface area contributed by atoms with Crippen LogP contribution in [0.1, 0.15) is 5.56 Å². The van der Waals surface area contributed by atoms with Crippen LogP contribution in [0.5, 0.6) is 0 Å². The molecule has 0 aromatic heterocycles. The molecule has 0 N–H and O–H groups in total. The van der Waals surface area contributed by atoms with E-state index < -0.39 is 0 Å². The normalized spacial score (nSPS) is 11.0. The molecule has 2 nitrogen and oxygen atoms in total. The predicted octanol–water partition coefficient (Wildman–Crippen LogP) is 18.5. The average Bonchev–Trinajstić information content (AvgIpc) is 3.44. The number of hydrogen-bond donors (Lipinski definition) is 0. The third kappa shape index (κ3) is 9.51. The molecule has 0 heterocycles. The van der Waals surface area contributed by atoms with E-state index >= 15 is 0 Å². The second-order valence-corrected chi connectivity index (χ2v) is 17.4. The first-order valence-electron chi connectivity index (χ1n) is 23.7. The van der Waals surface area contributed by atoms with Gasteiger partial charge in [0.25, 0.3) is 0 Å². The Hall–Kier alpha value is -8.98. The molecule has 0 fully saturated rings. The summed E-state index contributed by atoms with van der Waals surface area (Å²) in [6.45, 7) is 0.687. The molecule has 11 aromatic carbocycles. The van der Waals surface area contributed by atoms with Crippen LogP contribution in [0.3, 0.4) is 0 Å². The number of benzene rings is 11. The topological polar surface area (TPSA) is 6.48 Å². The Bertz CT molecular complexity index is 3290. The van der Waals surface area contributed by atoms with Crippen molar-refractivity contribution in [3.63, 3.8) is 0 Å². The largest absolute Gasteiger partial charge is 0.337 e. The Labute approximate surface area is 406 Å². The quantitative estimate of drug-likeness (QED) is 0.114. The van der Waals surface area contributed by atoms with Crippen LogP contribution in [0.25, 0.3) is 66.8 Å². The summed E-state index contributed by atoms with van der Waals surface area (Å²) in [5, 5.41) is 0. The van der Waals surface area contributed by atoms with E-state index in [1.807, 2.05) is 0 Å². The monoisotopic (exact) mass is 882 g/mol. The number of anilines is 5. The summed E-state index contributed by atoms with van der Waals surface area (Å²) in [6, 6.07) is 105. The molecule has 0 bridgehead atoms. The van der Waals surface area contributed by atoms with Gasteiger partial charge < -0.3 is 9.80 Å². The third-order valence-electron chi connectivity index (χ3n) is 13.0. The van der Waals surface area contributed by atoms with Crippen molar-refractivity contribution < 1.29 is 0 Å². The van der Waals surface area contributed by atoms with Crippen molar-refractivity contribution in [1.82, 2.24) is 0 Å². The van der Waals surface area contributed by atoms with Crippen LogP contribution in [0, 0.1) is 0 Å². The van der Waals surface area contributed by atoms with Gasteiger partial charge in [0, 0.05) is 35.0 Å². The molecular formula is C67H50N2. The Morgan fingerprint density at radius 3 is 0.768 bits per heavy atom. The Morgan fingerprint density at radius 1 is 0.203 bits per heavy atom. The van der Waals surface area contributed by atoms with Crippen molar-refractivity contribution in [2.45, 2.75) is 6.54 Å². The molecule has 0 radical (unpaired) electrons. The fourth-order valence-corrected chi connectivity index (χ4v) is 9.33. The van der Waals surface area contributed by atoms with E-state index in [9.17, 15) is 0 Å². The Morgan fingerprint density at radius 2 is 0.449 bits per heavy atom. The van der Waals surface area contributed by atoms with Crippen LogP contribution < -0.4 is 9.80 Å². The van der Waals surface area contributed by atoms with Crippen molar-refractivity contribution >= 4 is 28.4 Å². The lowest BCUT2D eigenvalue weighted by atomic mass is 9.94. The van der Waals surface area contributed by atoms with Gasteiger partial charge in [0.15, 0.2) is 0 Å². The minimum absolute atomic E-state index is 0.687. The maximum Gasteiger partial charge on any atom is 0.0487 e. The third-order valence-corrected chi connectivity index (χ3v) is 13.0. The lowest BCUT2D eigenvalue weighted by Gasteiger charge is -2.27. The summed E-state index contributed by atoms with van der Waals surface area (Å²) in [4.78, 5) is 4.78. The van der Waals surface area contributed by atoms with Crippen LogP contribution in [0.2, 0.25) is 0 Å². The Balaban J connectivity index is 0.923. The van der Waals surface area contributed by atoms with Gasteiger partial charge in [0.05, 0.1) is 0 Å². The van der Waals surface area contributed by atoms with E-state index in [2.05, 4.69) is 301 Å². The zero-order valence-corrected chi connectivity index (χ0v) is 38.3. The van der Waals surface area contributed by atoms with E-state index in [-0.39, 0.29) is 0 Å². The maximum absolute atomic E-state index is 2.44. The van der Waals surface area contributed by atoms with Gasteiger partial charge in [-0.1, -0.05) is 224 Å². The van der Waals surface area contributed by atoms with Gasteiger partial charge in [-0.2, -0.15) is 0 Å². The lowest BCUT2D eigenvalue weighted by Crippen LogP contribution is -2.17. The highest BCUT2D eigenvalue weighted by Crippen LogP contribution is 2.40.